The maximum Gasteiger partial charge on any atom is 0.139 e. The van der Waals surface area contributed by atoms with Gasteiger partial charge in [-0.2, -0.15) is 0 Å². The van der Waals surface area contributed by atoms with Crippen LogP contribution in [0.2, 0.25) is 0 Å². The molecule has 3 N–H and O–H groups in total. The van der Waals surface area contributed by atoms with E-state index in [-0.39, 0.29) is 5.84 Å². The van der Waals surface area contributed by atoms with Gasteiger partial charge in [0.05, 0.1) is 5.56 Å². The summed E-state index contributed by atoms with van der Waals surface area (Å²) in [6.07, 6.45) is 2.90. The molecule has 17 heavy (non-hydrogen) atoms. The summed E-state index contributed by atoms with van der Waals surface area (Å²) in [4.78, 5) is 6.43. The summed E-state index contributed by atoms with van der Waals surface area (Å²) in [7, 11) is 2.00. The molecule has 4 heteroatoms. The van der Waals surface area contributed by atoms with Gasteiger partial charge in [-0.05, 0) is 24.5 Å². The summed E-state index contributed by atoms with van der Waals surface area (Å²) < 4.78 is 0. The van der Waals surface area contributed by atoms with Crippen LogP contribution in [0.4, 0.5) is 5.82 Å². The summed E-state index contributed by atoms with van der Waals surface area (Å²) in [5.41, 5.74) is 7.38. The van der Waals surface area contributed by atoms with Crippen molar-refractivity contribution in [2.24, 2.45) is 11.7 Å². The van der Waals surface area contributed by atoms with Crippen LogP contribution in [0.1, 0.15) is 31.4 Å². The Labute approximate surface area is 103 Å². The van der Waals surface area contributed by atoms with Gasteiger partial charge in [0.15, 0.2) is 0 Å². The molecule has 1 heterocycles. The number of hydrogen-bond acceptors (Lipinski definition) is 3. The van der Waals surface area contributed by atoms with Gasteiger partial charge in [-0.15, -0.1) is 0 Å². The average molecular weight is 234 g/mol. The number of nitrogens with two attached hydrogens (primary N) is 1. The van der Waals surface area contributed by atoms with E-state index >= 15 is 0 Å². The Balaban J connectivity index is 3.04. The van der Waals surface area contributed by atoms with Gasteiger partial charge in [0.25, 0.3) is 0 Å². The maximum absolute atomic E-state index is 7.65. The van der Waals surface area contributed by atoms with Gasteiger partial charge in [-0.25, -0.2) is 4.98 Å². The molecular formula is C13H22N4. The highest BCUT2D eigenvalue weighted by Gasteiger charge is 2.15. The number of pyridine rings is 1. The lowest BCUT2D eigenvalue weighted by molar-refractivity contribution is 0.557. The van der Waals surface area contributed by atoms with Gasteiger partial charge < -0.3 is 10.6 Å². The minimum atomic E-state index is 0.0848. The van der Waals surface area contributed by atoms with Crippen molar-refractivity contribution in [3.05, 3.63) is 23.4 Å². The van der Waals surface area contributed by atoms with Crippen LogP contribution in [-0.4, -0.2) is 24.4 Å². The lowest BCUT2D eigenvalue weighted by Crippen LogP contribution is -2.28. The number of nitrogens with one attached hydrogen (secondary N) is 1. The van der Waals surface area contributed by atoms with Gasteiger partial charge in [-0.1, -0.05) is 20.3 Å². The van der Waals surface area contributed by atoms with Crippen LogP contribution < -0.4 is 10.6 Å². The lowest BCUT2D eigenvalue weighted by atomic mass is 10.1. The number of rotatable bonds is 5. The van der Waals surface area contributed by atoms with E-state index in [1.54, 1.807) is 6.20 Å². The quantitative estimate of drug-likeness (QED) is 0.606. The first-order chi connectivity index (χ1) is 7.97. The molecule has 0 radical (unpaired) electrons. The van der Waals surface area contributed by atoms with Crippen molar-refractivity contribution in [2.75, 3.05) is 18.5 Å². The predicted octanol–water partition coefficient (Wildman–Crippen LogP) is 2.16. The van der Waals surface area contributed by atoms with E-state index in [4.69, 9.17) is 11.1 Å². The maximum atomic E-state index is 7.65. The second-order valence-corrected chi connectivity index (χ2v) is 4.63. The molecular weight excluding hydrogens is 212 g/mol. The number of aromatic nitrogens is 1. The highest BCUT2D eigenvalue weighted by molar-refractivity contribution is 6.00. The Morgan fingerprint density at radius 1 is 1.59 bits per heavy atom. The zero-order chi connectivity index (χ0) is 13.0. The van der Waals surface area contributed by atoms with E-state index in [1.165, 1.54) is 0 Å². The third-order valence-corrected chi connectivity index (χ3v) is 3.05. The van der Waals surface area contributed by atoms with Crippen LogP contribution in [0.3, 0.4) is 0 Å². The second kappa shape index (κ2) is 5.66. The monoisotopic (exact) mass is 234 g/mol. The van der Waals surface area contributed by atoms with Crippen LogP contribution in [0, 0.1) is 18.3 Å². The Kier molecular flexibility index (Phi) is 4.49. The Morgan fingerprint density at radius 2 is 2.24 bits per heavy atom. The van der Waals surface area contributed by atoms with Crippen LogP contribution in [0.15, 0.2) is 12.3 Å². The molecule has 94 valence electrons. The Hall–Kier alpha value is -1.58. The molecule has 0 saturated carbocycles. The molecule has 1 rings (SSSR count). The smallest absolute Gasteiger partial charge is 0.139 e. The molecule has 0 spiro atoms. The fourth-order valence-electron chi connectivity index (χ4n) is 1.85. The van der Waals surface area contributed by atoms with E-state index in [1.807, 2.05) is 20.0 Å². The first kappa shape index (κ1) is 13.5. The van der Waals surface area contributed by atoms with Gasteiger partial charge in [0.2, 0.25) is 0 Å². The number of aryl methyl sites for hydroxylation is 1. The lowest BCUT2D eigenvalue weighted by Gasteiger charge is -2.24. The number of nitrogens with zero attached hydrogens (tertiary/aromatic N) is 2. The summed E-state index contributed by atoms with van der Waals surface area (Å²) in [6, 6.07) is 1.89. The number of hydrogen-bond donors (Lipinski definition) is 2. The van der Waals surface area contributed by atoms with Crippen molar-refractivity contribution in [1.82, 2.24) is 4.98 Å². The summed E-state index contributed by atoms with van der Waals surface area (Å²) in [6.45, 7) is 7.26. The van der Waals surface area contributed by atoms with E-state index in [0.29, 0.717) is 5.92 Å². The molecule has 0 aromatic carbocycles. The molecule has 0 bridgehead atoms. The Bertz CT molecular complexity index is 400. The van der Waals surface area contributed by atoms with Gasteiger partial charge in [-0.3, -0.25) is 5.41 Å². The third kappa shape index (κ3) is 3.19. The van der Waals surface area contributed by atoms with Crippen molar-refractivity contribution < 1.29 is 0 Å². The minimum absolute atomic E-state index is 0.0848. The molecule has 0 saturated heterocycles. The molecule has 0 aliphatic heterocycles. The molecule has 1 aromatic heterocycles. The third-order valence-electron chi connectivity index (χ3n) is 3.05. The highest BCUT2D eigenvalue weighted by Crippen LogP contribution is 2.20. The van der Waals surface area contributed by atoms with Gasteiger partial charge >= 0.3 is 0 Å². The van der Waals surface area contributed by atoms with E-state index in [9.17, 15) is 0 Å². The SMILES string of the molecule is CCC(C)CN(C)c1nccc(C)c1C(=N)N. The van der Waals surface area contributed by atoms with Gasteiger partial charge in [0.1, 0.15) is 11.7 Å². The molecule has 4 nitrogen and oxygen atoms in total. The molecule has 1 unspecified atom stereocenters. The fraction of sp³-hybridized carbons (Fsp3) is 0.538. The summed E-state index contributed by atoms with van der Waals surface area (Å²) >= 11 is 0. The first-order valence-corrected chi connectivity index (χ1v) is 5.98. The van der Waals surface area contributed by atoms with Crippen molar-refractivity contribution in [3.8, 4) is 0 Å². The van der Waals surface area contributed by atoms with Crippen LogP contribution in [0.25, 0.3) is 0 Å². The molecule has 0 fully saturated rings. The van der Waals surface area contributed by atoms with Crippen molar-refractivity contribution >= 4 is 11.7 Å². The van der Waals surface area contributed by atoms with Crippen LogP contribution in [0.5, 0.6) is 0 Å². The molecule has 0 aliphatic rings. The molecule has 1 aromatic rings. The predicted molar refractivity (Wildman–Crippen MR) is 72.7 cm³/mol. The van der Waals surface area contributed by atoms with Gasteiger partial charge in [0, 0.05) is 19.8 Å². The van der Waals surface area contributed by atoms with Crippen molar-refractivity contribution in [1.29, 1.82) is 5.41 Å². The molecule has 1 atom stereocenters. The number of nitrogen functional groups attached to an aromatic ring is 1. The van der Waals surface area contributed by atoms with Crippen molar-refractivity contribution in [2.45, 2.75) is 27.2 Å². The zero-order valence-corrected chi connectivity index (χ0v) is 11.1. The summed E-state index contributed by atoms with van der Waals surface area (Å²) in [5, 5.41) is 7.65. The molecule has 0 aliphatic carbocycles. The highest BCUT2D eigenvalue weighted by atomic mass is 15.2. The first-order valence-electron chi connectivity index (χ1n) is 5.98. The van der Waals surface area contributed by atoms with Crippen LogP contribution >= 0.6 is 0 Å². The average Bonchev–Trinajstić information content (AvgIpc) is 2.27. The largest absolute Gasteiger partial charge is 0.384 e. The number of anilines is 1. The standard InChI is InChI=1S/C13H22N4/c1-5-9(2)8-17(4)13-11(12(14)15)10(3)6-7-16-13/h6-7,9H,5,8H2,1-4H3,(H3,14,15). The van der Waals surface area contributed by atoms with Crippen molar-refractivity contribution in [3.63, 3.8) is 0 Å². The molecule has 0 amide bonds. The topological polar surface area (TPSA) is 66.0 Å². The van der Waals surface area contributed by atoms with E-state index in [0.717, 1.165) is 29.9 Å². The fourth-order valence-corrected chi connectivity index (χ4v) is 1.85. The summed E-state index contributed by atoms with van der Waals surface area (Å²) in [5.74, 6) is 1.49. The van der Waals surface area contributed by atoms with E-state index < -0.39 is 0 Å². The number of amidine groups is 1. The minimum Gasteiger partial charge on any atom is -0.384 e. The zero-order valence-electron chi connectivity index (χ0n) is 11.1. The Morgan fingerprint density at radius 3 is 2.76 bits per heavy atom. The van der Waals surface area contributed by atoms with Crippen LogP contribution in [-0.2, 0) is 0 Å². The van der Waals surface area contributed by atoms with E-state index in [2.05, 4.69) is 23.7 Å². The normalized spacial score (nSPS) is 12.2. The second-order valence-electron chi connectivity index (χ2n) is 4.63.